The Bertz CT molecular complexity index is 1650. The number of allylic oxidation sites excluding steroid dienone is 1. The number of ketones is 2. The molecule has 0 bridgehead atoms. The first-order valence-electron chi connectivity index (χ1n) is 12.7. The molecular formula is C30H24F2N6O2. The number of carbonyl (C=O) groups excluding carboxylic acids is 2. The zero-order chi connectivity index (χ0) is 28.6. The lowest BCUT2D eigenvalue weighted by Crippen LogP contribution is -2.35. The highest BCUT2D eigenvalue weighted by Gasteiger charge is 2.53. The Hall–Kier alpha value is -5.09. The summed E-state index contributed by atoms with van der Waals surface area (Å²) in [5.41, 5.74) is 10.7. The van der Waals surface area contributed by atoms with Gasteiger partial charge in [0.1, 0.15) is 40.3 Å². The fourth-order valence-corrected chi connectivity index (χ4v) is 5.58. The van der Waals surface area contributed by atoms with E-state index in [0.717, 1.165) is 43.5 Å². The second kappa shape index (κ2) is 10.2. The minimum atomic E-state index is -2.02. The van der Waals surface area contributed by atoms with Crippen LogP contribution in [0, 0.1) is 34.3 Å². The Morgan fingerprint density at radius 1 is 0.925 bits per heavy atom. The molecule has 4 N–H and O–H groups in total. The Balaban J connectivity index is 1.77. The standard InChI is InChI=1S/C30H24F2N6O2/c31-19-8-4-17(5-9-19)22(39)14-30(16-34)24-21(15-33)29(38-12-2-1-3-13-38)37-28(36)23(24)26(35)25(30)27(40)18-6-10-20(32)11-7-18/h4-11H,1-3,12-14,35H2,(H2,36,37). The normalized spacial score (nSPS) is 18.1. The lowest BCUT2D eigenvalue weighted by atomic mass is 9.70. The van der Waals surface area contributed by atoms with E-state index >= 15 is 0 Å². The van der Waals surface area contributed by atoms with Crippen LogP contribution in [0.2, 0.25) is 0 Å². The van der Waals surface area contributed by atoms with Crippen molar-refractivity contribution in [1.82, 2.24) is 4.98 Å². The molecule has 1 aliphatic carbocycles. The van der Waals surface area contributed by atoms with Crippen LogP contribution in [0.1, 0.15) is 63.1 Å². The van der Waals surface area contributed by atoms with Gasteiger partial charge in [0, 0.05) is 47.3 Å². The molecule has 1 saturated heterocycles. The van der Waals surface area contributed by atoms with Gasteiger partial charge in [-0.05, 0) is 67.8 Å². The average Bonchev–Trinajstić information content (AvgIpc) is 3.22. The predicted octanol–water partition coefficient (Wildman–Crippen LogP) is 4.40. The molecule has 2 aromatic carbocycles. The van der Waals surface area contributed by atoms with E-state index in [0.29, 0.717) is 13.1 Å². The van der Waals surface area contributed by atoms with Gasteiger partial charge < -0.3 is 16.4 Å². The lowest BCUT2D eigenvalue weighted by Gasteiger charge is -2.31. The highest BCUT2D eigenvalue weighted by Crippen LogP contribution is 2.52. The number of nitriles is 2. The molecule has 0 spiro atoms. The summed E-state index contributed by atoms with van der Waals surface area (Å²) in [6.45, 7) is 1.22. The van der Waals surface area contributed by atoms with E-state index in [4.69, 9.17) is 11.5 Å². The van der Waals surface area contributed by atoms with Crippen molar-refractivity contribution in [3.05, 3.63) is 93.6 Å². The van der Waals surface area contributed by atoms with Crippen LogP contribution in [0.4, 0.5) is 20.4 Å². The van der Waals surface area contributed by atoms with Crippen molar-refractivity contribution in [2.75, 3.05) is 23.7 Å². The zero-order valence-corrected chi connectivity index (χ0v) is 21.4. The van der Waals surface area contributed by atoms with Gasteiger partial charge in [0.05, 0.1) is 11.8 Å². The predicted molar refractivity (Wildman–Crippen MR) is 144 cm³/mol. The van der Waals surface area contributed by atoms with Crippen molar-refractivity contribution in [1.29, 1.82) is 10.5 Å². The van der Waals surface area contributed by atoms with Crippen molar-refractivity contribution in [2.24, 2.45) is 5.73 Å². The van der Waals surface area contributed by atoms with E-state index in [2.05, 4.69) is 17.1 Å². The minimum Gasteiger partial charge on any atom is -0.398 e. The summed E-state index contributed by atoms with van der Waals surface area (Å²) in [6, 6.07) is 13.7. The van der Waals surface area contributed by atoms with Crippen molar-refractivity contribution < 1.29 is 18.4 Å². The second-order valence-electron chi connectivity index (χ2n) is 9.85. The summed E-state index contributed by atoms with van der Waals surface area (Å²) < 4.78 is 27.2. The number of carbonyl (C=O) groups is 2. The largest absolute Gasteiger partial charge is 0.398 e. The summed E-state index contributed by atoms with van der Waals surface area (Å²) in [5, 5.41) is 21.2. The highest BCUT2D eigenvalue weighted by molar-refractivity contribution is 6.19. The van der Waals surface area contributed by atoms with Gasteiger partial charge in [-0.1, -0.05) is 0 Å². The summed E-state index contributed by atoms with van der Waals surface area (Å²) in [4.78, 5) is 33.9. The fraction of sp³-hybridized carbons (Fsp3) is 0.233. The topological polar surface area (TPSA) is 150 Å². The maximum atomic E-state index is 13.9. The van der Waals surface area contributed by atoms with E-state index < -0.39 is 35.0 Å². The number of piperidine rings is 1. The maximum Gasteiger partial charge on any atom is 0.193 e. The number of benzene rings is 2. The van der Waals surface area contributed by atoms with Crippen LogP contribution in [-0.4, -0.2) is 29.6 Å². The second-order valence-corrected chi connectivity index (χ2v) is 9.85. The molecule has 40 heavy (non-hydrogen) atoms. The molecule has 0 radical (unpaired) electrons. The summed E-state index contributed by atoms with van der Waals surface area (Å²) >= 11 is 0. The van der Waals surface area contributed by atoms with Crippen molar-refractivity contribution in [2.45, 2.75) is 31.1 Å². The monoisotopic (exact) mass is 538 g/mol. The van der Waals surface area contributed by atoms with Crippen molar-refractivity contribution in [3.63, 3.8) is 0 Å². The van der Waals surface area contributed by atoms with Gasteiger partial charge in [0.2, 0.25) is 0 Å². The number of pyridine rings is 1. The highest BCUT2D eigenvalue weighted by atomic mass is 19.1. The Morgan fingerprint density at radius 3 is 2.05 bits per heavy atom. The molecule has 8 nitrogen and oxygen atoms in total. The van der Waals surface area contributed by atoms with E-state index in [1.165, 1.54) is 24.3 Å². The number of hydrogen-bond acceptors (Lipinski definition) is 8. The van der Waals surface area contributed by atoms with Crippen LogP contribution in [-0.2, 0) is 5.41 Å². The number of anilines is 2. The summed E-state index contributed by atoms with van der Waals surface area (Å²) in [7, 11) is 0. The van der Waals surface area contributed by atoms with Gasteiger partial charge in [-0.2, -0.15) is 10.5 Å². The molecule has 1 unspecified atom stereocenters. The zero-order valence-electron chi connectivity index (χ0n) is 21.4. The number of nitrogens with two attached hydrogens (primary N) is 2. The summed E-state index contributed by atoms with van der Waals surface area (Å²) in [5.74, 6) is -2.24. The third-order valence-electron chi connectivity index (χ3n) is 7.48. The van der Waals surface area contributed by atoms with Gasteiger partial charge in [-0.15, -0.1) is 0 Å². The van der Waals surface area contributed by atoms with Crippen LogP contribution < -0.4 is 16.4 Å². The number of aromatic nitrogens is 1. The molecule has 5 rings (SSSR count). The van der Waals surface area contributed by atoms with Crippen LogP contribution in [0.25, 0.3) is 5.70 Å². The number of fused-ring (bicyclic) bond motifs is 1. The van der Waals surface area contributed by atoms with Gasteiger partial charge in [0.15, 0.2) is 11.6 Å². The fourth-order valence-electron chi connectivity index (χ4n) is 5.58. The number of Topliss-reactive ketones (excluding diaryl/α,β-unsaturated/α-hetero) is 2. The van der Waals surface area contributed by atoms with E-state index in [-0.39, 0.29) is 50.7 Å². The quantitative estimate of drug-likeness (QED) is 0.438. The molecule has 1 aliphatic heterocycles. The first-order valence-corrected chi connectivity index (χ1v) is 12.7. The minimum absolute atomic E-state index is 0.00409. The molecule has 1 aromatic heterocycles. The van der Waals surface area contributed by atoms with Gasteiger partial charge in [-0.25, -0.2) is 13.8 Å². The molecule has 0 saturated carbocycles. The van der Waals surface area contributed by atoms with E-state index in [1.807, 2.05) is 4.90 Å². The molecule has 2 heterocycles. The lowest BCUT2D eigenvalue weighted by molar-refractivity contribution is 0.0961. The Morgan fingerprint density at radius 2 is 1.50 bits per heavy atom. The molecular weight excluding hydrogens is 514 g/mol. The number of rotatable bonds is 6. The van der Waals surface area contributed by atoms with Crippen LogP contribution in [0.5, 0.6) is 0 Å². The molecule has 200 valence electrons. The van der Waals surface area contributed by atoms with Crippen LogP contribution >= 0.6 is 0 Å². The third-order valence-corrected chi connectivity index (χ3v) is 7.48. The van der Waals surface area contributed by atoms with E-state index in [1.54, 1.807) is 0 Å². The molecule has 3 aromatic rings. The molecule has 0 amide bonds. The maximum absolute atomic E-state index is 13.9. The molecule has 10 heteroatoms. The number of hydrogen-bond donors (Lipinski definition) is 2. The van der Waals surface area contributed by atoms with Crippen molar-refractivity contribution in [3.8, 4) is 12.1 Å². The Kier molecular flexibility index (Phi) is 6.78. The summed E-state index contributed by atoms with van der Waals surface area (Å²) in [6.07, 6.45) is 2.16. The first kappa shape index (κ1) is 26.5. The van der Waals surface area contributed by atoms with Crippen molar-refractivity contribution >= 4 is 28.9 Å². The number of nitrogen functional groups attached to an aromatic ring is 1. The smallest absolute Gasteiger partial charge is 0.193 e. The van der Waals surface area contributed by atoms with Gasteiger partial charge in [-0.3, -0.25) is 9.59 Å². The van der Waals surface area contributed by atoms with E-state index in [9.17, 15) is 28.9 Å². The van der Waals surface area contributed by atoms with Crippen LogP contribution in [0.15, 0.2) is 54.1 Å². The SMILES string of the molecule is N#Cc1c(N2CCCCC2)nc(N)c2c1C(C#N)(CC(=O)c1ccc(F)cc1)C(C(=O)c1ccc(F)cc1)=C2N. The molecule has 1 fully saturated rings. The van der Waals surface area contributed by atoms with Crippen LogP contribution in [0.3, 0.4) is 0 Å². The average molecular weight is 539 g/mol. The van der Waals surface area contributed by atoms with Gasteiger partial charge >= 0.3 is 0 Å². The number of halogens is 2. The van der Waals surface area contributed by atoms with Gasteiger partial charge in [0.25, 0.3) is 0 Å². The first-order chi connectivity index (χ1) is 19.2. The Labute approximate surface area is 229 Å². The molecule has 1 atom stereocenters. The molecule has 2 aliphatic rings. The third kappa shape index (κ3) is 4.24. The number of nitrogens with zero attached hydrogens (tertiary/aromatic N) is 4.